The number of halogens is 2. The molecule has 0 radical (unpaired) electrons. The summed E-state index contributed by atoms with van der Waals surface area (Å²) in [5, 5.41) is 6.77. The van der Waals surface area contributed by atoms with E-state index in [1.165, 1.54) is 12.1 Å². The number of sulfone groups is 1. The molecule has 0 bridgehead atoms. The lowest BCUT2D eigenvalue weighted by molar-refractivity contribution is -0.0779. The molecule has 1 aliphatic heterocycles. The van der Waals surface area contributed by atoms with Crippen molar-refractivity contribution < 1.29 is 22.7 Å². The number of benzene rings is 1. The van der Waals surface area contributed by atoms with E-state index in [0.717, 1.165) is 0 Å². The van der Waals surface area contributed by atoms with Crippen LogP contribution in [-0.4, -0.2) is 31.7 Å². The Labute approximate surface area is 102 Å². The van der Waals surface area contributed by atoms with E-state index >= 15 is 0 Å². The molecule has 1 aromatic carbocycles. The molecular weight excluding hydrogens is 273 g/mol. The highest BCUT2D eigenvalue weighted by molar-refractivity contribution is 7.93. The van der Waals surface area contributed by atoms with Crippen molar-refractivity contribution in [1.82, 2.24) is 0 Å². The smallest absolute Gasteiger partial charge is 0.261 e. The lowest BCUT2D eigenvalue weighted by Gasteiger charge is -2.33. The van der Waals surface area contributed by atoms with Gasteiger partial charge >= 0.3 is 0 Å². The second-order valence-electron chi connectivity index (χ2n) is 3.69. The molecule has 1 fully saturated rings. The van der Waals surface area contributed by atoms with Crippen molar-refractivity contribution in [2.24, 2.45) is 0 Å². The van der Waals surface area contributed by atoms with Crippen molar-refractivity contribution in [3.05, 3.63) is 17.2 Å². The van der Waals surface area contributed by atoms with Crippen LogP contribution in [0.5, 0.6) is 5.75 Å². The summed E-state index contributed by atoms with van der Waals surface area (Å²) in [7, 11) is -4.44. The van der Waals surface area contributed by atoms with Crippen LogP contribution in [0.25, 0.3) is 0 Å². The van der Waals surface area contributed by atoms with Crippen molar-refractivity contribution in [2.75, 3.05) is 18.9 Å². The van der Waals surface area contributed by atoms with E-state index in [1.54, 1.807) is 0 Å². The lowest BCUT2D eigenvalue weighted by Crippen LogP contribution is -2.51. The van der Waals surface area contributed by atoms with E-state index in [1.807, 2.05) is 0 Å². The average Bonchev–Trinajstić information content (AvgIpc) is 2.20. The summed E-state index contributed by atoms with van der Waals surface area (Å²) in [6.07, 6.45) is 0. The van der Waals surface area contributed by atoms with Gasteiger partial charge in [-0.25, -0.2) is 12.8 Å². The molecule has 0 atom stereocenters. The SMILES string of the molecule is Nc1ccc(Cl)c(S(=O)(=O)C2(F)COC2)c1O. The zero-order valence-electron chi connectivity index (χ0n) is 8.48. The normalized spacial score (nSPS) is 18.7. The molecule has 5 nitrogen and oxygen atoms in total. The first-order valence-corrected chi connectivity index (χ1v) is 6.44. The molecule has 2 rings (SSSR count). The number of phenolic OH excluding ortho intramolecular Hbond substituents is 1. The Morgan fingerprint density at radius 2 is 2.06 bits per heavy atom. The first-order valence-electron chi connectivity index (χ1n) is 4.58. The fourth-order valence-electron chi connectivity index (χ4n) is 1.42. The summed E-state index contributed by atoms with van der Waals surface area (Å²) in [6.45, 7) is -1.17. The first kappa shape index (κ1) is 12.4. The molecule has 0 saturated carbocycles. The van der Waals surface area contributed by atoms with Crippen LogP contribution in [0.2, 0.25) is 5.02 Å². The van der Waals surface area contributed by atoms with Crippen molar-refractivity contribution in [1.29, 1.82) is 0 Å². The van der Waals surface area contributed by atoms with Crippen LogP contribution in [0.1, 0.15) is 0 Å². The molecule has 0 aliphatic carbocycles. The van der Waals surface area contributed by atoms with Crippen LogP contribution < -0.4 is 5.73 Å². The Hall–Kier alpha value is -1.05. The summed E-state index contributed by atoms with van der Waals surface area (Å²) in [5.74, 6) is -0.735. The van der Waals surface area contributed by atoms with Crippen LogP contribution in [-0.2, 0) is 14.6 Å². The molecule has 3 N–H and O–H groups in total. The summed E-state index contributed by atoms with van der Waals surface area (Å²) < 4.78 is 42.4. The van der Waals surface area contributed by atoms with Gasteiger partial charge in [0.25, 0.3) is 5.00 Å². The van der Waals surface area contributed by atoms with E-state index < -0.39 is 38.7 Å². The average molecular weight is 282 g/mol. The van der Waals surface area contributed by atoms with E-state index in [2.05, 4.69) is 4.74 Å². The second-order valence-corrected chi connectivity index (χ2v) is 6.25. The third-order valence-corrected chi connectivity index (χ3v) is 5.08. The zero-order chi connectivity index (χ0) is 12.8. The van der Waals surface area contributed by atoms with Gasteiger partial charge in [0, 0.05) is 0 Å². The highest BCUT2D eigenvalue weighted by Crippen LogP contribution is 2.43. The topological polar surface area (TPSA) is 89.6 Å². The maximum atomic E-state index is 13.9. The number of hydrogen-bond acceptors (Lipinski definition) is 5. The molecule has 1 aliphatic rings. The van der Waals surface area contributed by atoms with Crippen LogP contribution >= 0.6 is 11.6 Å². The molecule has 0 unspecified atom stereocenters. The van der Waals surface area contributed by atoms with Gasteiger partial charge < -0.3 is 15.6 Å². The lowest BCUT2D eigenvalue weighted by atomic mass is 10.3. The Bertz CT molecular complexity index is 571. The summed E-state index contributed by atoms with van der Waals surface area (Å²) in [6, 6.07) is 2.42. The van der Waals surface area contributed by atoms with Gasteiger partial charge in [-0.15, -0.1) is 0 Å². The Morgan fingerprint density at radius 3 is 2.53 bits per heavy atom. The minimum atomic E-state index is -4.44. The minimum Gasteiger partial charge on any atom is -0.504 e. The van der Waals surface area contributed by atoms with Gasteiger partial charge in [-0.05, 0) is 12.1 Å². The molecule has 1 aromatic rings. The minimum absolute atomic E-state index is 0.184. The first-order chi connectivity index (χ1) is 7.79. The number of aromatic hydroxyl groups is 1. The van der Waals surface area contributed by atoms with Crippen molar-refractivity contribution >= 4 is 27.1 Å². The predicted octanol–water partition coefficient (Wildman–Crippen LogP) is 1.10. The van der Waals surface area contributed by atoms with Crippen molar-refractivity contribution in [2.45, 2.75) is 9.90 Å². The molecule has 0 amide bonds. The monoisotopic (exact) mass is 281 g/mol. The summed E-state index contributed by atoms with van der Waals surface area (Å²) in [4.78, 5) is -0.690. The van der Waals surface area contributed by atoms with Crippen LogP contribution in [0.4, 0.5) is 10.1 Å². The highest BCUT2D eigenvalue weighted by Gasteiger charge is 2.54. The molecule has 17 heavy (non-hydrogen) atoms. The number of nitrogen functional groups attached to an aromatic ring is 1. The quantitative estimate of drug-likeness (QED) is 0.626. The van der Waals surface area contributed by atoms with Gasteiger partial charge in [0.1, 0.15) is 4.90 Å². The fraction of sp³-hybridized carbons (Fsp3) is 0.333. The van der Waals surface area contributed by atoms with Gasteiger partial charge in [-0.2, -0.15) is 0 Å². The second kappa shape index (κ2) is 3.72. The van der Waals surface area contributed by atoms with Gasteiger partial charge in [0.05, 0.1) is 23.9 Å². The molecule has 8 heteroatoms. The van der Waals surface area contributed by atoms with E-state index in [0.29, 0.717) is 0 Å². The van der Waals surface area contributed by atoms with E-state index in [-0.39, 0.29) is 10.7 Å². The van der Waals surface area contributed by atoms with Crippen molar-refractivity contribution in [3.63, 3.8) is 0 Å². The van der Waals surface area contributed by atoms with Crippen molar-refractivity contribution in [3.8, 4) is 5.75 Å². The largest absolute Gasteiger partial charge is 0.504 e. The third kappa shape index (κ3) is 1.65. The number of alkyl halides is 1. The number of hydrogen-bond donors (Lipinski definition) is 2. The molecule has 1 saturated heterocycles. The van der Waals surface area contributed by atoms with Gasteiger partial charge in [-0.1, -0.05) is 11.6 Å². The Morgan fingerprint density at radius 1 is 1.47 bits per heavy atom. The van der Waals surface area contributed by atoms with Gasteiger partial charge in [0.15, 0.2) is 5.75 Å². The molecule has 94 valence electrons. The Balaban J connectivity index is 2.66. The molecule has 0 aromatic heterocycles. The molecule has 0 spiro atoms. The predicted molar refractivity (Wildman–Crippen MR) is 59.4 cm³/mol. The standard InChI is InChI=1S/C9H9ClFNO4S/c10-5-1-2-6(12)7(13)8(5)17(14,15)9(11)3-16-4-9/h1-2,13H,3-4,12H2. The number of anilines is 1. The fourth-order valence-corrected chi connectivity index (χ4v) is 3.42. The van der Waals surface area contributed by atoms with Gasteiger partial charge in [0.2, 0.25) is 9.84 Å². The summed E-state index contributed by atoms with van der Waals surface area (Å²) >= 11 is 5.67. The molecule has 1 heterocycles. The highest BCUT2D eigenvalue weighted by atomic mass is 35.5. The maximum absolute atomic E-state index is 13.9. The van der Waals surface area contributed by atoms with Crippen LogP contribution in [0, 0.1) is 0 Å². The van der Waals surface area contributed by atoms with Crippen LogP contribution in [0.3, 0.4) is 0 Å². The zero-order valence-corrected chi connectivity index (χ0v) is 10.1. The summed E-state index contributed by atoms with van der Waals surface area (Å²) in [5.41, 5.74) is 5.18. The third-order valence-electron chi connectivity index (χ3n) is 2.50. The molecular formula is C9H9ClFNO4S. The number of ether oxygens (including phenoxy) is 1. The Kier molecular flexibility index (Phi) is 2.72. The maximum Gasteiger partial charge on any atom is 0.261 e. The van der Waals surface area contributed by atoms with Crippen LogP contribution in [0.15, 0.2) is 17.0 Å². The number of rotatable bonds is 2. The van der Waals surface area contributed by atoms with Gasteiger partial charge in [-0.3, -0.25) is 0 Å². The van der Waals surface area contributed by atoms with E-state index in [9.17, 15) is 17.9 Å². The number of phenols is 1. The number of nitrogens with two attached hydrogens (primary N) is 1. The van der Waals surface area contributed by atoms with E-state index in [4.69, 9.17) is 17.3 Å².